The molecule has 0 atom stereocenters. The molecule has 22 heavy (non-hydrogen) atoms. The molecule has 0 aliphatic heterocycles. The highest BCUT2D eigenvalue weighted by atomic mass is 16.5. The number of nitrogens with one attached hydrogen (secondary N) is 1. The molecule has 0 heterocycles. The van der Waals surface area contributed by atoms with Crippen molar-refractivity contribution in [1.29, 1.82) is 0 Å². The maximum absolute atomic E-state index is 12.0. The number of rotatable bonds is 5. The molecule has 114 valence electrons. The Kier molecular flexibility index (Phi) is 5.14. The number of hydrogen-bond acceptors (Lipinski definition) is 4. The molecule has 0 fully saturated rings. The van der Waals surface area contributed by atoms with E-state index in [9.17, 15) is 4.79 Å². The number of nitrogens with zero attached hydrogens (tertiary/aromatic N) is 1. The number of carbonyl (C=O) groups excluding carboxylic acids is 1. The molecule has 0 aliphatic carbocycles. The van der Waals surface area contributed by atoms with Crippen molar-refractivity contribution in [3.05, 3.63) is 59.2 Å². The predicted octanol–water partition coefficient (Wildman–Crippen LogP) is 2.78. The van der Waals surface area contributed by atoms with Crippen molar-refractivity contribution in [3.8, 4) is 11.5 Å². The Morgan fingerprint density at radius 3 is 2.59 bits per heavy atom. The summed E-state index contributed by atoms with van der Waals surface area (Å²) in [5, 5.41) is 3.97. The molecule has 2 rings (SSSR count). The summed E-state index contributed by atoms with van der Waals surface area (Å²) in [7, 11) is 3.12. The standard InChI is InChI=1S/C17H18N2O3/c1-12-6-4-7-13(10-12)17(20)19-18-11-14-8-5-9-15(21-2)16(14)22-3/h4-11H,1-3H3,(H,19,20). The number of amides is 1. The third-order valence-corrected chi connectivity index (χ3v) is 3.08. The van der Waals surface area contributed by atoms with Crippen molar-refractivity contribution in [2.24, 2.45) is 5.10 Å². The first-order valence-electron chi connectivity index (χ1n) is 6.76. The van der Waals surface area contributed by atoms with Gasteiger partial charge in [-0.25, -0.2) is 5.43 Å². The van der Waals surface area contributed by atoms with Crippen LogP contribution in [0.2, 0.25) is 0 Å². The number of methoxy groups -OCH3 is 2. The van der Waals surface area contributed by atoms with Crippen molar-refractivity contribution >= 4 is 12.1 Å². The van der Waals surface area contributed by atoms with Crippen LogP contribution in [-0.2, 0) is 0 Å². The summed E-state index contributed by atoms with van der Waals surface area (Å²) >= 11 is 0. The van der Waals surface area contributed by atoms with Gasteiger partial charge in [0, 0.05) is 11.1 Å². The number of carbonyl (C=O) groups is 1. The zero-order chi connectivity index (χ0) is 15.9. The lowest BCUT2D eigenvalue weighted by molar-refractivity contribution is 0.0955. The fourth-order valence-electron chi connectivity index (χ4n) is 2.02. The Hall–Kier alpha value is -2.82. The second kappa shape index (κ2) is 7.26. The minimum absolute atomic E-state index is 0.262. The summed E-state index contributed by atoms with van der Waals surface area (Å²) in [4.78, 5) is 12.0. The summed E-state index contributed by atoms with van der Waals surface area (Å²) < 4.78 is 10.5. The third kappa shape index (κ3) is 3.63. The average Bonchev–Trinajstić information content (AvgIpc) is 2.54. The van der Waals surface area contributed by atoms with Gasteiger partial charge in [-0.15, -0.1) is 0 Å². The average molecular weight is 298 g/mol. The van der Waals surface area contributed by atoms with Crippen LogP contribution in [0.15, 0.2) is 47.6 Å². The molecule has 5 nitrogen and oxygen atoms in total. The highest BCUT2D eigenvalue weighted by molar-refractivity contribution is 5.95. The quantitative estimate of drug-likeness (QED) is 0.682. The Labute approximate surface area is 129 Å². The molecular formula is C17H18N2O3. The van der Waals surface area contributed by atoms with Gasteiger partial charge in [-0.1, -0.05) is 23.8 Å². The van der Waals surface area contributed by atoms with Crippen LogP contribution in [0.1, 0.15) is 21.5 Å². The van der Waals surface area contributed by atoms with E-state index < -0.39 is 0 Å². The first-order chi connectivity index (χ1) is 10.7. The van der Waals surface area contributed by atoms with Gasteiger partial charge in [-0.3, -0.25) is 4.79 Å². The lowest BCUT2D eigenvalue weighted by Gasteiger charge is -2.09. The van der Waals surface area contributed by atoms with Crippen LogP contribution in [0, 0.1) is 6.92 Å². The van der Waals surface area contributed by atoms with Gasteiger partial charge < -0.3 is 9.47 Å². The Balaban J connectivity index is 2.11. The van der Waals surface area contributed by atoms with E-state index >= 15 is 0 Å². The van der Waals surface area contributed by atoms with E-state index in [2.05, 4.69) is 10.5 Å². The fourth-order valence-corrected chi connectivity index (χ4v) is 2.02. The number of benzene rings is 2. The summed E-state index contributed by atoms with van der Waals surface area (Å²) in [6, 6.07) is 12.7. The van der Waals surface area contributed by atoms with Gasteiger partial charge in [-0.05, 0) is 31.2 Å². The van der Waals surface area contributed by atoms with Gasteiger partial charge in [0.05, 0.1) is 20.4 Å². The van der Waals surface area contributed by atoms with E-state index in [0.29, 0.717) is 22.6 Å². The van der Waals surface area contributed by atoms with Gasteiger partial charge in [-0.2, -0.15) is 5.10 Å². The molecule has 0 saturated heterocycles. The second-order valence-corrected chi connectivity index (χ2v) is 4.65. The smallest absolute Gasteiger partial charge is 0.271 e. The summed E-state index contributed by atoms with van der Waals surface area (Å²) in [6.07, 6.45) is 1.52. The zero-order valence-corrected chi connectivity index (χ0v) is 12.8. The van der Waals surface area contributed by atoms with Crippen LogP contribution >= 0.6 is 0 Å². The number of ether oxygens (including phenoxy) is 2. The monoisotopic (exact) mass is 298 g/mol. The normalized spacial score (nSPS) is 10.5. The Morgan fingerprint density at radius 2 is 1.91 bits per heavy atom. The van der Waals surface area contributed by atoms with Crippen molar-refractivity contribution in [2.75, 3.05) is 14.2 Å². The molecular weight excluding hydrogens is 280 g/mol. The number of aryl methyl sites for hydroxylation is 1. The van der Waals surface area contributed by atoms with Crippen LogP contribution < -0.4 is 14.9 Å². The van der Waals surface area contributed by atoms with Crippen molar-refractivity contribution in [2.45, 2.75) is 6.92 Å². The highest BCUT2D eigenvalue weighted by Gasteiger charge is 2.08. The van der Waals surface area contributed by atoms with Gasteiger partial charge in [0.25, 0.3) is 5.91 Å². The molecule has 0 bridgehead atoms. The minimum atomic E-state index is -0.262. The minimum Gasteiger partial charge on any atom is -0.493 e. The topological polar surface area (TPSA) is 59.9 Å². The van der Waals surface area contributed by atoms with Crippen LogP contribution in [-0.4, -0.2) is 26.3 Å². The highest BCUT2D eigenvalue weighted by Crippen LogP contribution is 2.29. The van der Waals surface area contributed by atoms with E-state index in [1.54, 1.807) is 32.4 Å². The maximum atomic E-state index is 12.0. The third-order valence-electron chi connectivity index (χ3n) is 3.08. The largest absolute Gasteiger partial charge is 0.493 e. The van der Waals surface area contributed by atoms with Crippen LogP contribution in [0.5, 0.6) is 11.5 Å². The molecule has 0 aromatic heterocycles. The lowest BCUT2D eigenvalue weighted by atomic mass is 10.1. The summed E-state index contributed by atoms with van der Waals surface area (Å²) in [6.45, 7) is 1.93. The molecule has 0 radical (unpaired) electrons. The number of para-hydroxylation sites is 1. The molecule has 2 aromatic rings. The van der Waals surface area contributed by atoms with E-state index in [1.165, 1.54) is 6.21 Å². The van der Waals surface area contributed by atoms with Crippen LogP contribution in [0.25, 0.3) is 0 Å². The molecule has 2 aromatic carbocycles. The molecule has 0 saturated carbocycles. The molecule has 1 N–H and O–H groups in total. The summed E-state index contributed by atoms with van der Waals surface area (Å²) in [5.74, 6) is 0.914. The Bertz CT molecular complexity index is 696. The Morgan fingerprint density at radius 1 is 1.14 bits per heavy atom. The molecule has 1 amide bonds. The molecule has 0 aliphatic rings. The van der Waals surface area contributed by atoms with Gasteiger partial charge in [0.1, 0.15) is 0 Å². The van der Waals surface area contributed by atoms with E-state index in [-0.39, 0.29) is 5.91 Å². The first-order valence-corrected chi connectivity index (χ1v) is 6.76. The number of hydrogen-bond donors (Lipinski definition) is 1. The number of hydrazone groups is 1. The van der Waals surface area contributed by atoms with Crippen LogP contribution in [0.4, 0.5) is 0 Å². The van der Waals surface area contributed by atoms with E-state index in [1.807, 2.05) is 31.2 Å². The summed E-state index contributed by atoms with van der Waals surface area (Å²) in [5.41, 5.74) is 4.80. The van der Waals surface area contributed by atoms with E-state index in [4.69, 9.17) is 9.47 Å². The first kappa shape index (κ1) is 15.6. The van der Waals surface area contributed by atoms with Gasteiger partial charge in [0.15, 0.2) is 11.5 Å². The molecule has 0 spiro atoms. The van der Waals surface area contributed by atoms with E-state index in [0.717, 1.165) is 5.56 Å². The van der Waals surface area contributed by atoms with Gasteiger partial charge in [0.2, 0.25) is 0 Å². The maximum Gasteiger partial charge on any atom is 0.271 e. The SMILES string of the molecule is COc1cccc(C=NNC(=O)c2cccc(C)c2)c1OC. The lowest BCUT2D eigenvalue weighted by Crippen LogP contribution is -2.17. The van der Waals surface area contributed by atoms with Crippen molar-refractivity contribution < 1.29 is 14.3 Å². The fraction of sp³-hybridized carbons (Fsp3) is 0.176. The van der Waals surface area contributed by atoms with Crippen molar-refractivity contribution in [1.82, 2.24) is 5.43 Å². The molecule has 0 unspecified atom stereocenters. The molecule has 5 heteroatoms. The van der Waals surface area contributed by atoms with Gasteiger partial charge >= 0.3 is 0 Å². The predicted molar refractivity (Wildman–Crippen MR) is 85.8 cm³/mol. The zero-order valence-electron chi connectivity index (χ0n) is 12.8. The van der Waals surface area contributed by atoms with Crippen LogP contribution in [0.3, 0.4) is 0 Å². The second-order valence-electron chi connectivity index (χ2n) is 4.65. The van der Waals surface area contributed by atoms with Crippen molar-refractivity contribution in [3.63, 3.8) is 0 Å².